The summed E-state index contributed by atoms with van der Waals surface area (Å²) >= 11 is 3.64. The van der Waals surface area contributed by atoms with Gasteiger partial charge in [0.05, 0.1) is 0 Å². The molecule has 0 aliphatic heterocycles. The zero-order valence-corrected chi connectivity index (χ0v) is 25.1. The van der Waals surface area contributed by atoms with Crippen molar-refractivity contribution in [1.29, 1.82) is 0 Å². The molecule has 3 rings (SSSR count). The number of phenolic OH excluding ortho intramolecular Hbond substituents is 2. The molecule has 0 fully saturated rings. The largest absolute Gasteiger partial charge is 0.508 e. The zero-order valence-electron chi connectivity index (χ0n) is 23.5. The number of benzene rings is 3. The Kier molecular flexibility index (Phi) is 7.94. The molecule has 194 valence electrons. The Morgan fingerprint density at radius 3 is 1.36 bits per heavy atom. The van der Waals surface area contributed by atoms with Crippen molar-refractivity contribution >= 4 is 23.5 Å². The number of hydrogen-bond acceptors (Lipinski definition) is 4. The van der Waals surface area contributed by atoms with Crippen molar-refractivity contribution in [3.63, 3.8) is 0 Å². The first-order valence-electron chi connectivity index (χ1n) is 12.6. The fraction of sp³-hybridized carbons (Fsp3) is 0.438. The Balaban J connectivity index is 1.97. The van der Waals surface area contributed by atoms with E-state index < -0.39 is 0 Å². The molecule has 0 atom stereocenters. The SMILES string of the molecule is CC(C)(C)c1cc(SC(C)(C)c2cccc(C(C)(C)Sc3ccc(O)cc3)c2)cc(C(C)(C)C)c1O. The van der Waals surface area contributed by atoms with Gasteiger partial charge in [0.15, 0.2) is 0 Å². The van der Waals surface area contributed by atoms with Gasteiger partial charge in [-0.1, -0.05) is 65.8 Å². The van der Waals surface area contributed by atoms with Gasteiger partial charge in [-0.2, -0.15) is 0 Å². The van der Waals surface area contributed by atoms with Crippen molar-refractivity contribution in [3.8, 4) is 11.5 Å². The topological polar surface area (TPSA) is 40.5 Å². The third-order valence-electron chi connectivity index (χ3n) is 6.54. The van der Waals surface area contributed by atoms with Crippen LogP contribution in [0.2, 0.25) is 0 Å². The second-order valence-corrected chi connectivity index (χ2v) is 16.1. The molecule has 0 aliphatic carbocycles. The van der Waals surface area contributed by atoms with E-state index in [1.165, 1.54) is 16.0 Å². The Labute approximate surface area is 226 Å². The van der Waals surface area contributed by atoms with E-state index in [0.29, 0.717) is 5.75 Å². The first kappa shape index (κ1) is 28.5. The Morgan fingerprint density at radius 1 is 0.528 bits per heavy atom. The van der Waals surface area contributed by atoms with Crippen LogP contribution in [0.15, 0.2) is 70.5 Å². The fourth-order valence-corrected chi connectivity index (χ4v) is 6.59. The molecule has 0 heterocycles. The molecule has 2 nitrogen and oxygen atoms in total. The average molecular weight is 523 g/mol. The molecule has 0 amide bonds. The van der Waals surface area contributed by atoms with Crippen LogP contribution in [0, 0.1) is 0 Å². The molecular formula is C32H42O2S2. The molecule has 0 bridgehead atoms. The summed E-state index contributed by atoms with van der Waals surface area (Å²) in [5, 5.41) is 20.8. The minimum atomic E-state index is -0.170. The normalized spacial score (nSPS) is 13.2. The number of thioether (sulfide) groups is 2. The molecule has 0 saturated heterocycles. The van der Waals surface area contributed by atoms with Gasteiger partial charge in [-0.3, -0.25) is 0 Å². The average Bonchev–Trinajstić information content (AvgIpc) is 2.74. The van der Waals surface area contributed by atoms with Gasteiger partial charge in [0.2, 0.25) is 0 Å². The van der Waals surface area contributed by atoms with Crippen LogP contribution in [0.25, 0.3) is 0 Å². The van der Waals surface area contributed by atoms with Crippen molar-refractivity contribution in [2.24, 2.45) is 0 Å². The van der Waals surface area contributed by atoms with E-state index in [1.807, 2.05) is 23.9 Å². The minimum Gasteiger partial charge on any atom is -0.508 e. The zero-order chi connectivity index (χ0) is 27.1. The van der Waals surface area contributed by atoms with E-state index in [1.54, 1.807) is 23.9 Å². The monoisotopic (exact) mass is 522 g/mol. The maximum Gasteiger partial charge on any atom is 0.123 e. The van der Waals surface area contributed by atoms with Gasteiger partial charge in [-0.25, -0.2) is 0 Å². The van der Waals surface area contributed by atoms with E-state index in [2.05, 4.69) is 106 Å². The number of aromatic hydroxyl groups is 2. The third kappa shape index (κ3) is 6.63. The van der Waals surface area contributed by atoms with Gasteiger partial charge in [-0.05, 0) is 86.1 Å². The van der Waals surface area contributed by atoms with Crippen molar-refractivity contribution in [2.75, 3.05) is 0 Å². The maximum atomic E-state index is 11.1. The van der Waals surface area contributed by atoms with Gasteiger partial charge < -0.3 is 10.2 Å². The summed E-state index contributed by atoms with van der Waals surface area (Å²) in [6.07, 6.45) is 0. The van der Waals surface area contributed by atoms with Gasteiger partial charge in [-0.15, -0.1) is 23.5 Å². The molecule has 0 aliphatic rings. The Hall–Kier alpha value is -2.04. The molecule has 0 radical (unpaired) electrons. The lowest BCUT2D eigenvalue weighted by Gasteiger charge is -2.31. The maximum absolute atomic E-state index is 11.1. The molecule has 3 aromatic rings. The molecule has 36 heavy (non-hydrogen) atoms. The van der Waals surface area contributed by atoms with Crippen LogP contribution >= 0.6 is 23.5 Å². The second-order valence-electron chi connectivity index (χ2n) is 12.7. The summed E-state index contributed by atoms with van der Waals surface area (Å²) in [7, 11) is 0. The molecule has 3 aromatic carbocycles. The van der Waals surface area contributed by atoms with Gasteiger partial charge >= 0.3 is 0 Å². The van der Waals surface area contributed by atoms with E-state index in [0.717, 1.165) is 16.0 Å². The van der Waals surface area contributed by atoms with Crippen LogP contribution in [0.4, 0.5) is 0 Å². The lowest BCUT2D eigenvalue weighted by atomic mass is 9.79. The predicted octanol–water partition coefficient (Wildman–Crippen LogP) is 9.75. The van der Waals surface area contributed by atoms with Crippen molar-refractivity contribution in [3.05, 3.63) is 82.9 Å². The standard InChI is InChI=1S/C32H42O2S2/c1-29(2,3)26-19-25(20-27(28(26)34)30(4,5)6)36-32(9,10)22-13-11-12-21(18-22)31(7,8)35-24-16-14-23(33)15-17-24/h11-20,33-34H,1-10H3. The highest BCUT2D eigenvalue weighted by Crippen LogP contribution is 2.48. The van der Waals surface area contributed by atoms with Crippen LogP contribution in [0.5, 0.6) is 11.5 Å². The van der Waals surface area contributed by atoms with Crippen molar-refractivity contribution in [2.45, 2.75) is 99.4 Å². The summed E-state index contributed by atoms with van der Waals surface area (Å²) in [6, 6.07) is 20.7. The third-order valence-corrected chi connectivity index (χ3v) is 9.01. The number of rotatable bonds is 6. The van der Waals surface area contributed by atoms with Gasteiger partial charge in [0.25, 0.3) is 0 Å². The molecule has 0 unspecified atom stereocenters. The summed E-state index contributed by atoms with van der Waals surface area (Å²) < 4.78 is -0.304. The molecule has 0 spiro atoms. The van der Waals surface area contributed by atoms with Crippen molar-refractivity contribution in [1.82, 2.24) is 0 Å². The fourth-order valence-electron chi connectivity index (χ4n) is 4.30. The predicted molar refractivity (Wildman–Crippen MR) is 158 cm³/mol. The van der Waals surface area contributed by atoms with Crippen LogP contribution in [-0.4, -0.2) is 10.2 Å². The number of phenols is 2. The van der Waals surface area contributed by atoms with E-state index in [-0.39, 0.29) is 26.1 Å². The van der Waals surface area contributed by atoms with Crippen LogP contribution in [-0.2, 0) is 20.3 Å². The minimum absolute atomic E-state index is 0.134. The summed E-state index contributed by atoms with van der Waals surface area (Å²) in [6.45, 7) is 22.0. The second kappa shape index (κ2) is 10.0. The summed E-state index contributed by atoms with van der Waals surface area (Å²) in [5.41, 5.74) is 4.22. The quantitative estimate of drug-likeness (QED) is 0.316. The van der Waals surface area contributed by atoms with Crippen LogP contribution in [0.1, 0.15) is 91.5 Å². The smallest absolute Gasteiger partial charge is 0.123 e. The molecular weight excluding hydrogens is 480 g/mol. The van der Waals surface area contributed by atoms with E-state index >= 15 is 0 Å². The Morgan fingerprint density at radius 2 is 0.944 bits per heavy atom. The first-order valence-corrected chi connectivity index (χ1v) is 14.2. The lowest BCUT2D eigenvalue weighted by molar-refractivity contribution is 0.422. The van der Waals surface area contributed by atoms with E-state index in [4.69, 9.17) is 0 Å². The summed E-state index contributed by atoms with van der Waals surface area (Å²) in [4.78, 5) is 2.31. The Bertz CT molecular complexity index is 1180. The van der Waals surface area contributed by atoms with Crippen LogP contribution < -0.4 is 0 Å². The summed E-state index contributed by atoms with van der Waals surface area (Å²) in [5.74, 6) is 0.712. The van der Waals surface area contributed by atoms with E-state index in [9.17, 15) is 10.2 Å². The molecule has 0 saturated carbocycles. The van der Waals surface area contributed by atoms with Crippen LogP contribution in [0.3, 0.4) is 0 Å². The molecule has 4 heteroatoms. The molecule has 2 N–H and O–H groups in total. The van der Waals surface area contributed by atoms with Gasteiger partial charge in [0.1, 0.15) is 11.5 Å². The lowest BCUT2D eigenvalue weighted by Crippen LogP contribution is -2.19. The van der Waals surface area contributed by atoms with Crippen molar-refractivity contribution < 1.29 is 10.2 Å². The first-order chi connectivity index (χ1) is 16.4. The number of hydrogen-bond donors (Lipinski definition) is 2. The van der Waals surface area contributed by atoms with Gasteiger partial charge in [0, 0.05) is 30.4 Å². The highest BCUT2D eigenvalue weighted by atomic mass is 32.2. The highest BCUT2D eigenvalue weighted by Gasteiger charge is 2.30. The molecule has 0 aromatic heterocycles. The highest BCUT2D eigenvalue weighted by molar-refractivity contribution is 8.00.